The molecule has 1 fully saturated rings. The third-order valence-electron chi connectivity index (χ3n) is 4.56. The van der Waals surface area contributed by atoms with E-state index in [-0.39, 0.29) is 17.7 Å². The summed E-state index contributed by atoms with van der Waals surface area (Å²) in [5.74, 6) is -1.24. The molecule has 7 heteroatoms. The van der Waals surface area contributed by atoms with E-state index in [2.05, 4.69) is 5.32 Å². The van der Waals surface area contributed by atoms with Crippen molar-refractivity contribution in [1.29, 1.82) is 0 Å². The van der Waals surface area contributed by atoms with Gasteiger partial charge < -0.3 is 20.1 Å². The van der Waals surface area contributed by atoms with Crippen LogP contribution in [-0.2, 0) is 9.59 Å². The summed E-state index contributed by atoms with van der Waals surface area (Å²) in [5, 5.41) is 11.5. The Kier molecular flexibility index (Phi) is 6.26. The molecule has 28 heavy (non-hydrogen) atoms. The Labute approximate surface area is 162 Å². The quantitative estimate of drug-likeness (QED) is 0.801. The van der Waals surface area contributed by atoms with Crippen LogP contribution < -0.4 is 10.1 Å². The fourth-order valence-electron chi connectivity index (χ4n) is 3.19. The average molecular weight is 382 g/mol. The number of hydrogen-bond acceptors (Lipinski definition) is 4. The standard InChI is InChI=1S/C21H22N2O5/c24-19(25)14-28-18-10-4-9-17(12-18)22-20(26)16-8-5-11-23(13-16)21(27)15-6-2-1-3-7-15/h1-4,6-7,9-10,12,16H,5,8,11,13-14H2,(H,22,26)(H,24,25). The Morgan fingerprint density at radius 2 is 1.89 bits per heavy atom. The zero-order valence-electron chi connectivity index (χ0n) is 15.3. The number of anilines is 1. The highest BCUT2D eigenvalue weighted by molar-refractivity contribution is 5.96. The lowest BCUT2D eigenvalue weighted by atomic mass is 9.96. The van der Waals surface area contributed by atoms with E-state index in [9.17, 15) is 14.4 Å². The fraction of sp³-hybridized carbons (Fsp3) is 0.286. The molecule has 1 atom stereocenters. The predicted molar refractivity (Wildman–Crippen MR) is 103 cm³/mol. The third kappa shape index (κ3) is 5.09. The molecule has 1 unspecified atom stereocenters. The van der Waals surface area contributed by atoms with E-state index in [4.69, 9.17) is 9.84 Å². The summed E-state index contributed by atoms with van der Waals surface area (Å²) in [7, 11) is 0. The number of piperidine rings is 1. The molecule has 2 aromatic rings. The number of carboxylic acid groups (broad SMARTS) is 1. The number of benzene rings is 2. The Morgan fingerprint density at radius 3 is 2.64 bits per heavy atom. The van der Waals surface area contributed by atoms with E-state index in [1.807, 2.05) is 18.2 Å². The van der Waals surface area contributed by atoms with Gasteiger partial charge in [0.05, 0.1) is 5.92 Å². The van der Waals surface area contributed by atoms with Gasteiger partial charge in [0.25, 0.3) is 5.91 Å². The fourth-order valence-corrected chi connectivity index (χ4v) is 3.19. The monoisotopic (exact) mass is 382 g/mol. The number of carbonyl (C=O) groups is 3. The van der Waals surface area contributed by atoms with Crippen LogP contribution in [0.15, 0.2) is 54.6 Å². The van der Waals surface area contributed by atoms with Crippen molar-refractivity contribution in [2.75, 3.05) is 25.0 Å². The molecule has 0 radical (unpaired) electrons. The van der Waals surface area contributed by atoms with Gasteiger partial charge in [0.2, 0.25) is 5.91 Å². The molecule has 2 N–H and O–H groups in total. The number of carbonyl (C=O) groups excluding carboxylic acids is 2. The predicted octanol–water partition coefficient (Wildman–Crippen LogP) is 2.64. The minimum absolute atomic E-state index is 0.0674. The normalized spacial score (nSPS) is 16.3. The smallest absolute Gasteiger partial charge is 0.341 e. The van der Waals surface area contributed by atoms with Gasteiger partial charge in [0.15, 0.2) is 6.61 Å². The highest BCUT2D eigenvalue weighted by Gasteiger charge is 2.29. The molecule has 7 nitrogen and oxygen atoms in total. The lowest BCUT2D eigenvalue weighted by Crippen LogP contribution is -2.43. The summed E-state index contributed by atoms with van der Waals surface area (Å²) in [6, 6.07) is 15.6. The van der Waals surface area contributed by atoms with E-state index in [0.29, 0.717) is 36.5 Å². The summed E-state index contributed by atoms with van der Waals surface area (Å²) in [6.45, 7) is 0.557. The first-order valence-corrected chi connectivity index (χ1v) is 9.13. The third-order valence-corrected chi connectivity index (χ3v) is 4.56. The van der Waals surface area contributed by atoms with Crippen molar-refractivity contribution in [3.8, 4) is 5.75 Å². The van der Waals surface area contributed by atoms with Crippen LogP contribution in [-0.4, -0.2) is 47.5 Å². The second-order valence-electron chi connectivity index (χ2n) is 6.66. The average Bonchev–Trinajstić information content (AvgIpc) is 2.72. The van der Waals surface area contributed by atoms with Crippen LogP contribution in [0.2, 0.25) is 0 Å². The Hall–Kier alpha value is -3.35. The maximum atomic E-state index is 12.7. The summed E-state index contributed by atoms with van der Waals surface area (Å²) >= 11 is 0. The van der Waals surface area contributed by atoms with Gasteiger partial charge in [-0.15, -0.1) is 0 Å². The van der Waals surface area contributed by atoms with Crippen molar-refractivity contribution in [2.24, 2.45) is 5.92 Å². The summed E-state index contributed by atoms with van der Waals surface area (Å²) in [6.07, 6.45) is 1.47. The second kappa shape index (κ2) is 9.03. The Bertz CT molecular complexity index is 853. The molecule has 146 valence electrons. The molecule has 1 heterocycles. The highest BCUT2D eigenvalue weighted by atomic mass is 16.5. The summed E-state index contributed by atoms with van der Waals surface area (Å²) in [4.78, 5) is 37.6. The van der Waals surface area contributed by atoms with Crippen molar-refractivity contribution < 1.29 is 24.2 Å². The van der Waals surface area contributed by atoms with E-state index in [0.717, 1.165) is 6.42 Å². The molecule has 0 saturated carbocycles. The zero-order chi connectivity index (χ0) is 19.9. The van der Waals surface area contributed by atoms with Crippen molar-refractivity contribution in [3.63, 3.8) is 0 Å². The number of rotatable bonds is 6. The number of nitrogens with zero attached hydrogens (tertiary/aromatic N) is 1. The number of aliphatic carboxylic acids is 1. The summed E-state index contributed by atoms with van der Waals surface area (Å²) in [5.41, 5.74) is 1.14. The second-order valence-corrected chi connectivity index (χ2v) is 6.66. The maximum Gasteiger partial charge on any atom is 0.341 e. The van der Waals surface area contributed by atoms with E-state index in [1.54, 1.807) is 41.3 Å². The molecule has 0 aromatic heterocycles. The molecule has 3 rings (SSSR count). The largest absolute Gasteiger partial charge is 0.482 e. The van der Waals surface area contributed by atoms with Crippen molar-refractivity contribution >= 4 is 23.5 Å². The molecule has 2 aromatic carbocycles. The molecule has 1 aliphatic rings. The van der Waals surface area contributed by atoms with Crippen molar-refractivity contribution in [2.45, 2.75) is 12.8 Å². The zero-order valence-corrected chi connectivity index (χ0v) is 15.3. The number of carboxylic acids is 1. The lowest BCUT2D eigenvalue weighted by molar-refractivity contribution is -0.139. The van der Waals surface area contributed by atoms with E-state index >= 15 is 0 Å². The van der Waals surface area contributed by atoms with Crippen molar-refractivity contribution in [1.82, 2.24) is 4.90 Å². The number of amides is 2. The van der Waals surface area contributed by atoms with E-state index < -0.39 is 12.6 Å². The molecular weight excluding hydrogens is 360 g/mol. The minimum atomic E-state index is -1.07. The number of hydrogen-bond donors (Lipinski definition) is 2. The van der Waals surface area contributed by atoms with Crippen LogP contribution >= 0.6 is 0 Å². The molecule has 2 amide bonds. The van der Waals surface area contributed by atoms with Crippen LogP contribution in [0.1, 0.15) is 23.2 Å². The van der Waals surface area contributed by atoms with Gasteiger partial charge in [-0.2, -0.15) is 0 Å². The molecular formula is C21H22N2O5. The lowest BCUT2D eigenvalue weighted by Gasteiger charge is -2.32. The topological polar surface area (TPSA) is 95.9 Å². The van der Waals surface area contributed by atoms with Gasteiger partial charge in [-0.25, -0.2) is 4.79 Å². The molecule has 0 spiro atoms. The van der Waals surface area contributed by atoms with Crippen LogP contribution in [0.5, 0.6) is 5.75 Å². The van der Waals surface area contributed by atoms with Crippen LogP contribution in [0.3, 0.4) is 0 Å². The molecule has 0 bridgehead atoms. The molecule has 0 aliphatic carbocycles. The van der Waals surface area contributed by atoms with Gasteiger partial charge in [-0.3, -0.25) is 9.59 Å². The Morgan fingerprint density at radius 1 is 1.11 bits per heavy atom. The molecule has 1 aliphatic heterocycles. The Balaban J connectivity index is 1.60. The van der Waals surface area contributed by atoms with E-state index in [1.165, 1.54) is 0 Å². The highest BCUT2D eigenvalue weighted by Crippen LogP contribution is 2.22. The van der Waals surface area contributed by atoms with Crippen LogP contribution in [0, 0.1) is 5.92 Å². The first kappa shape index (κ1) is 19.4. The van der Waals surface area contributed by atoms with Crippen LogP contribution in [0.25, 0.3) is 0 Å². The maximum absolute atomic E-state index is 12.7. The van der Waals surface area contributed by atoms with Gasteiger partial charge >= 0.3 is 5.97 Å². The van der Waals surface area contributed by atoms with Gasteiger partial charge in [0, 0.05) is 30.4 Å². The first-order chi connectivity index (χ1) is 13.5. The summed E-state index contributed by atoms with van der Waals surface area (Å²) < 4.78 is 5.13. The van der Waals surface area contributed by atoms with Crippen molar-refractivity contribution in [3.05, 3.63) is 60.2 Å². The van der Waals surface area contributed by atoms with Gasteiger partial charge in [-0.05, 0) is 37.1 Å². The minimum Gasteiger partial charge on any atom is -0.482 e. The van der Waals surface area contributed by atoms with Crippen LogP contribution in [0.4, 0.5) is 5.69 Å². The number of likely N-dealkylation sites (tertiary alicyclic amines) is 1. The SMILES string of the molecule is O=C(O)COc1cccc(NC(=O)C2CCCN(C(=O)c3ccccc3)C2)c1. The first-order valence-electron chi connectivity index (χ1n) is 9.13. The number of nitrogens with one attached hydrogen (secondary N) is 1. The molecule has 1 saturated heterocycles. The van der Waals surface area contributed by atoms with Gasteiger partial charge in [-0.1, -0.05) is 24.3 Å². The number of ether oxygens (including phenoxy) is 1. The van der Waals surface area contributed by atoms with Gasteiger partial charge in [0.1, 0.15) is 5.75 Å².